The number of nitrogens with zero attached hydrogens (tertiary/aromatic N) is 2. The monoisotopic (exact) mass is 275 g/mol. The van der Waals surface area contributed by atoms with Gasteiger partial charge in [-0.15, -0.1) is 0 Å². The van der Waals surface area contributed by atoms with Gasteiger partial charge in [-0.25, -0.2) is 4.98 Å². The van der Waals surface area contributed by atoms with Gasteiger partial charge in [0.05, 0.1) is 10.5 Å². The van der Waals surface area contributed by atoms with Crippen LogP contribution in [-0.4, -0.2) is 15.8 Å². The number of aryl methyl sites for hydroxylation is 1. The molecule has 0 saturated heterocycles. The molecule has 0 unspecified atom stereocenters. The van der Waals surface area contributed by atoms with Gasteiger partial charge in [-0.3, -0.25) is 14.9 Å². The van der Waals surface area contributed by atoms with Gasteiger partial charge in [0, 0.05) is 23.5 Å². The fourth-order valence-electron chi connectivity index (χ4n) is 1.60. The molecule has 0 spiro atoms. The van der Waals surface area contributed by atoms with Crippen LogP contribution < -0.4 is 5.32 Å². The Bertz CT molecular complexity index is 671. The van der Waals surface area contributed by atoms with E-state index in [0.29, 0.717) is 5.56 Å². The van der Waals surface area contributed by atoms with Crippen molar-refractivity contribution in [3.8, 4) is 0 Å². The van der Waals surface area contributed by atoms with Gasteiger partial charge in [-0.05, 0) is 25.1 Å². The van der Waals surface area contributed by atoms with Crippen molar-refractivity contribution in [1.82, 2.24) is 4.98 Å². The van der Waals surface area contributed by atoms with Crippen molar-refractivity contribution in [2.75, 3.05) is 5.32 Å². The third-order valence-corrected chi connectivity index (χ3v) is 2.65. The van der Waals surface area contributed by atoms with E-state index < -0.39 is 16.8 Å². The Labute approximate surface area is 113 Å². The number of hydrogen-bond donors (Lipinski definition) is 1. The van der Waals surface area contributed by atoms with Crippen LogP contribution in [0.1, 0.15) is 15.9 Å². The molecule has 0 bridgehead atoms. The minimum atomic E-state index is -0.687. The molecule has 102 valence electrons. The number of pyridine rings is 1. The Morgan fingerprint density at radius 1 is 1.35 bits per heavy atom. The third-order valence-electron chi connectivity index (χ3n) is 2.65. The highest BCUT2D eigenvalue weighted by molar-refractivity contribution is 6.04. The Hall–Kier alpha value is -2.83. The fourth-order valence-corrected chi connectivity index (χ4v) is 1.60. The molecular weight excluding hydrogens is 265 g/mol. The van der Waals surface area contributed by atoms with Gasteiger partial charge in [-0.1, -0.05) is 6.07 Å². The van der Waals surface area contributed by atoms with Gasteiger partial charge < -0.3 is 5.32 Å². The number of nitro groups is 1. The molecule has 1 aromatic carbocycles. The van der Waals surface area contributed by atoms with Gasteiger partial charge >= 0.3 is 0 Å². The molecule has 1 aromatic heterocycles. The van der Waals surface area contributed by atoms with Gasteiger partial charge in [0.2, 0.25) is 5.95 Å². The first-order valence-electron chi connectivity index (χ1n) is 5.65. The lowest BCUT2D eigenvalue weighted by atomic mass is 10.2. The Morgan fingerprint density at radius 3 is 2.70 bits per heavy atom. The van der Waals surface area contributed by atoms with Gasteiger partial charge in [-0.2, -0.15) is 4.39 Å². The van der Waals surface area contributed by atoms with Crippen LogP contribution in [0.4, 0.5) is 15.8 Å². The van der Waals surface area contributed by atoms with Gasteiger partial charge in [0.1, 0.15) is 0 Å². The summed E-state index contributed by atoms with van der Waals surface area (Å²) in [5.41, 5.74) is 0.864. The van der Waals surface area contributed by atoms with Crippen LogP contribution >= 0.6 is 0 Å². The number of benzene rings is 1. The van der Waals surface area contributed by atoms with E-state index in [9.17, 15) is 19.3 Å². The van der Waals surface area contributed by atoms with Crippen molar-refractivity contribution in [3.05, 3.63) is 63.7 Å². The third kappa shape index (κ3) is 2.94. The fraction of sp³-hybridized carbons (Fsp3) is 0.0769. The summed E-state index contributed by atoms with van der Waals surface area (Å²) in [7, 11) is 0. The maximum absolute atomic E-state index is 12.6. The molecule has 0 atom stereocenters. The van der Waals surface area contributed by atoms with Crippen molar-refractivity contribution in [1.29, 1.82) is 0 Å². The number of rotatable bonds is 3. The predicted molar refractivity (Wildman–Crippen MR) is 70.0 cm³/mol. The number of carbonyl (C=O) groups excluding carboxylic acids is 1. The number of nitrogens with one attached hydrogen (secondary N) is 1. The largest absolute Gasteiger partial charge is 0.322 e. The lowest BCUT2D eigenvalue weighted by molar-refractivity contribution is -0.385. The number of amides is 1. The first-order chi connectivity index (χ1) is 9.47. The summed E-state index contributed by atoms with van der Waals surface area (Å²) in [6, 6.07) is 6.70. The number of halogens is 1. The van der Waals surface area contributed by atoms with E-state index in [1.165, 1.54) is 18.2 Å². The van der Waals surface area contributed by atoms with Crippen molar-refractivity contribution in [3.63, 3.8) is 0 Å². The summed E-state index contributed by atoms with van der Waals surface area (Å²) < 4.78 is 12.6. The van der Waals surface area contributed by atoms with Crippen LogP contribution in [0, 0.1) is 23.0 Å². The van der Waals surface area contributed by atoms with Crippen LogP contribution in [0.2, 0.25) is 0 Å². The zero-order valence-electron chi connectivity index (χ0n) is 10.5. The van der Waals surface area contributed by atoms with Crippen LogP contribution in [0.25, 0.3) is 0 Å². The van der Waals surface area contributed by atoms with Crippen molar-refractivity contribution in [2.45, 2.75) is 6.92 Å². The zero-order chi connectivity index (χ0) is 14.7. The second kappa shape index (κ2) is 5.43. The molecule has 1 N–H and O–H groups in total. The summed E-state index contributed by atoms with van der Waals surface area (Å²) in [6.45, 7) is 1.60. The van der Waals surface area contributed by atoms with Crippen LogP contribution in [0.15, 0.2) is 36.5 Å². The average Bonchev–Trinajstić information content (AvgIpc) is 2.41. The molecule has 7 heteroatoms. The highest BCUT2D eigenvalue weighted by Crippen LogP contribution is 2.22. The number of hydrogen-bond acceptors (Lipinski definition) is 4. The Morgan fingerprint density at radius 2 is 2.10 bits per heavy atom. The normalized spacial score (nSPS) is 10.1. The first kappa shape index (κ1) is 13.6. The van der Waals surface area contributed by atoms with E-state index in [4.69, 9.17) is 0 Å². The molecular formula is C13H10FN3O3. The molecule has 0 radical (unpaired) electrons. The molecule has 1 heterocycles. The van der Waals surface area contributed by atoms with Crippen molar-refractivity contribution in [2.24, 2.45) is 0 Å². The number of aromatic nitrogens is 1. The molecule has 2 aromatic rings. The molecule has 0 saturated carbocycles. The molecule has 0 fully saturated rings. The first-order valence-corrected chi connectivity index (χ1v) is 5.65. The Kier molecular flexibility index (Phi) is 3.69. The highest BCUT2D eigenvalue weighted by atomic mass is 19.1. The van der Waals surface area contributed by atoms with Crippen molar-refractivity contribution >= 4 is 17.3 Å². The lowest BCUT2D eigenvalue weighted by Crippen LogP contribution is -2.12. The van der Waals surface area contributed by atoms with Gasteiger partial charge in [0.25, 0.3) is 11.6 Å². The maximum Gasteiger partial charge on any atom is 0.274 e. The summed E-state index contributed by atoms with van der Waals surface area (Å²) in [5, 5.41) is 13.3. The minimum absolute atomic E-state index is 0.0833. The summed E-state index contributed by atoms with van der Waals surface area (Å²) in [5.74, 6) is -1.21. The number of nitro benzene ring substituents is 1. The smallest absolute Gasteiger partial charge is 0.274 e. The highest BCUT2D eigenvalue weighted by Gasteiger charge is 2.13. The van der Waals surface area contributed by atoms with Crippen LogP contribution in [0.5, 0.6) is 0 Å². The average molecular weight is 275 g/mol. The molecule has 6 nitrogen and oxygen atoms in total. The van der Waals surface area contributed by atoms with E-state index in [-0.39, 0.29) is 16.9 Å². The number of anilines is 1. The van der Waals surface area contributed by atoms with Crippen LogP contribution in [0.3, 0.4) is 0 Å². The minimum Gasteiger partial charge on any atom is -0.322 e. The molecule has 1 amide bonds. The summed E-state index contributed by atoms with van der Waals surface area (Å²) in [4.78, 5) is 25.5. The maximum atomic E-state index is 12.6. The summed E-state index contributed by atoms with van der Waals surface area (Å²) >= 11 is 0. The SMILES string of the molecule is Cc1ccc(NC(=O)c2ccc(F)nc2)cc1[N+](=O)[O-]. The van der Waals surface area contributed by atoms with E-state index >= 15 is 0 Å². The van der Waals surface area contributed by atoms with E-state index in [2.05, 4.69) is 10.3 Å². The molecule has 2 rings (SSSR count). The number of carbonyl (C=O) groups is 1. The van der Waals surface area contributed by atoms with Crippen molar-refractivity contribution < 1.29 is 14.1 Å². The zero-order valence-corrected chi connectivity index (χ0v) is 10.5. The van der Waals surface area contributed by atoms with E-state index in [1.54, 1.807) is 13.0 Å². The van der Waals surface area contributed by atoms with Crippen LogP contribution in [-0.2, 0) is 0 Å². The lowest BCUT2D eigenvalue weighted by Gasteiger charge is -2.06. The second-order valence-corrected chi connectivity index (χ2v) is 4.08. The predicted octanol–water partition coefficient (Wildman–Crippen LogP) is 2.69. The van der Waals surface area contributed by atoms with E-state index in [1.807, 2.05) is 0 Å². The molecule has 20 heavy (non-hydrogen) atoms. The summed E-state index contributed by atoms with van der Waals surface area (Å²) in [6.07, 6.45) is 1.09. The Balaban J connectivity index is 2.21. The molecule has 0 aliphatic heterocycles. The standard InChI is InChI=1S/C13H10FN3O3/c1-8-2-4-10(6-11(8)17(19)20)16-13(18)9-3-5-12(14)15-7-9/h2-7H,1H3,(H,16,18). The second-order valence-electron chi connectivity index (χ2n) is 4.08. The van der Waals surface area contributed by atoms with Gasteiger partial charge in [0.15, 0.2) is 0 Å². The topological polar surface area (TPSA) is 85.1 Å². The molecule has 0 aliphatic rings. The quantitative estimate of drug-likeness (QED) is 0.530. The molecule has 0 aliphatic carbocycles. The van der Waals surface area contributed by atoms with E-state index in [0.717, 1.165) is 12.3 Å².